The van der Waals surface area contributed by atoms with Crippen molar-refractivity contribution < 1.29 is 19.4 Å². The number of nitrogens with zero attached hydrogens (tertiary/aromatic N) is 4. The Morgan fingerprint density at radius 2 is 2.16 bits per heavy atom. The lowest BCUT2D eigenvalue weighted by molar-refractivity contribution is 0.0464. The third-order valence-electron chi connectivity index (χ3n) is 6.55. The molecule has 1 amide bonds. The van der Waals surface area contributed by atoms with Crippen molar-refractivity contribution in [2.45, 2.75) is 51.4 Å². The molecule has 2 aliphatic heterocycles. The first-order chi connectivity index (χ1) is 15.5. The van der Waals surface area contributed by atoms with Gasteiger partial charge in [-0.3, -0.25) is 14.4 Å². The van der Waals surface area contributed by atoms with E-state index in [1.165, 1.54) is 0 Å². The zero-order valence-corrected chi connectivity index (χ0v) is 19.3. The summed E-state index contributed by atoms with van der Waals surface area (Å²) in [5, 5.41) is 14.9. The molecule has 1 N–H and O–H groups in total. The zero-order valence-electron chi connectivity index (χ0n) is 19.3. The number of hydrogen-bond donors (Lipinski definition) is 1. The summed E-state index contributed by atoms with van der Waals surface area (Å²) < 4.78 is 12.7. The number of benzene rings is 1. The predicted octanol–water partition coefficient (Wildman–Crippen LogP) is 1.93. The second-order valence-corrected chi connectivity index (χ2v) is 8.86. The monoisotopic (exact) mass is 442 g/mol. The van der Waals surface area contributed by atoms with Gasteiger partial charge in [-0.1, -0.05) is 12.1 Å². The number of carbonyl (C=O) groups is 1. The molecular formula is C24H34N4O4. The Labute approximate surface area is 189 Å². The highest BCUT2D eigenvalue weighted by molar-refractivity contribution is 5.94. The van der Waals surface area contributed by atoms with Crippen molar-refractivity contribution in [3.05, 3.63) is 46.8 Å². The van der Waals surface area contributed by atoms with E-state index in [4.69, 9.17) is 14.6 Å². The standard InChI is InChI=1S/C24H34N4O4/c1-17(16-31-2)26-11-9-22-21(15-26)23(24(30)27-10-5-7-19(29)14-27)25-28(22)13-18-6-4-8-20(12-18)32-3/h4,6,8,12,17,19,29H,5,7,9-11,13-16H2,1-3H3. The van der Waals surface area contributed by atoms with Gasteiger partial charge in [-0.25, -0.2) is 0 Å². The minimum Gasteiger partial charge on any atom is -0.497 e. The van der Waals surface area contributed by atoms with Gasteiger partial charge in [-0.2, -0.15) is 5.10 Å². The van der Waals surface area contributed by atoms with E-state index in [9.17, 15) is 9.90 Å². The summed E-state index contributed by atoms with van der Waals surface area (Å²) in [6.45, 7) is 6.00. The molecule has 4 rings (SSSR count). The lowest BCUT2D eigenvalue weighted by atomic mass is 10.0. The second-order valence-electron chi connectivity index (χ2n) is 8.86. The molecule has 1 saturated heterocycles. The Bertz CT molecular complexity index is 944. The molecule has 2 aliphatic rings. The van der Waals surface area contributed by atoms with Crippen LogP contribution in [0.4, 0.5) is 0 Å². The lowest BCUT2D eigenvalue weighted by Gasteiger charge is -2.33. The number of methoxy groups -OCH3 is 2. The van der Waals surface area contributed by atoms with E-state index < -0.39 is 6.10 Å². The minimum atomic E-state index is -0.458. The molecular weight excluding hydrogens is 408 g/mol. The highest BCUT2D eigenvalue weighted by Gasteiger charge is 2.33. The summed E-state index contributed by atoms with van der Waals surface area (Å²) in [7, 11) is 3.38. The number of aliphatic hydroxyl groups is 1. The van der Waals surface area contributed by atoms with Gasteiger partial charge in [-0.15, -0.1) is 0 Å². The molecule has 2 unspecified atom stereocenters. The summed E-state index contributed by atoms with van der Waals surface area (Å²) in [6.07, 6.45) is 1.93. The van der Waals surface area contributed by atoms with Crippen LogP contribution in [-0.2, 0) is 24.2 Å². The quantitative estimate of drug-likeness (QED) is 0.706. The lowest BCUT2D eigenvalue weighted by Crippen LogP contribution is -2.43. The first-order valence-corrected chi connectivity index (χ1v) is 11.4. The average Bonchev–Trinajstić information content (AvgIpc) is 3.16. The normalized spacial score (nSPS) is 20.1. The molecule has 2 aromatic rings. The number of β-amino-alcohol motifs (C(OH)–C–C–N with tert-alkyl or cyclic N) is 1. The number of likely N-dealkylation sites (tertiary alicyclic amines) is 1. The number of aromatic nitrogens is 2. The number of hydrogen-bond acceptors (Lipinski definition) is 6. The molecule has 32 heavy (non-hydrogen) atoms. The molecule has 174 valence electrons. The summed E-state index contributed by atoms with van der Waals surface area (Å²) in [6, 6.07) is 8.21. The first-order valence-electron chi connectivity index (χ1n) is 11.4. The third-order valence-corrected chi connectivity index (χ3v) is 6.55. The molecule has 2 atom stereocenters. The average molecular weight is 443 g/mol. The third kappa shape index (κ3) is 4.82. The number of fused-ring (bicyclic) bond motifs is 1. The molecule has 8 nitrogen and oxygen atoms in total. The Morgan fingerprint density at radius 1 is 1.31 bits per heavy atom. The van der Waals surface area contributed by atoms with Gasteiger partial charge in [0.1, 0.15) is 5.75 Å². The maximum atomic E-state index is 13.5. The van der Waals surface area contributed by atoms with E-state index >= 15 is 0 Å². The van der Waals surface area contributed by atoms with Crippen LogP contribution >= 0.6 is 0 Å². The molecule has 0 aliphatic carbocycles. The Morgan fingerprint density at radius 3 is 2.91 bits per heavy atom. The van der Waals surface area contributed by atoms with Crippen molar-refractivity contribution in [3.8, 4) is 5.75 Å². The van der Waals surface area contributed by atoms with Gasteiger partial charge in [0, 0.05) is 57.0 Å². The fourth-order valence-corrected chi connectivity index (χ4v) is 4.77. The van der Waals surface area contributed by atoms with E-state index in [2.05, 4.69) is 17.9 Å². The number of piperidine rings is 1. The number of ether oxygens (including phenoxy) is 2. The van der Waals surface area contributed by atoms with Gasteiger partial charge >= 0.3 is 0 Å². The molecule has 0 spiro atoms. The number of aliphatic hydroxyl groups excluding tert-OH is 1. The van der Waals surface area contributed by atoms with Crippen LogP contribution < -0.4 is 4.74 Å². The van der Waals surface area contributed by atoms with Crippen molar-refractivity contribution >= 4 is 5.91 Å². The predicted molar refractivity (Wildman–Crippen MR) is 121 cm³/mol. The maximum Gasteiger partial charge on any atom is 0.274 e. The SMILES string of the molecule is COCC(C)N1CCc2c(c(C(=O)N3CCCC(O)C3)nn2Cc2cccc(OC)c2)C1. The molecule has 0 radical (unpaired) electrons. The Kier molecular flexibility index (Phi) is 7.13. The number of carbonyl (C=O) groups excluding carboxylic acids is 1. The van der Waals surface area contributed by atoms with E-state index in [1.54, 1.807) is 19.1 Å². The van der Waals surface area contributed by atoms with E-state index in [0.717, 1.165) is 48.4 Å². The summed E-state index contributed by atoms with van der Waals surface area (Å²) in [4.78, 5) is 17.6. The Balaban J connectivity index is 1.66. The van der Waals surface area contributed by atoms with Crippen molar-refractivity contribution in [3.63, 3.8) is 0 Å². The molecule has 1 aromatic heterocycles. The topological polar surface area (TPSA) is 80.1 Å². The van der Waals surface area contributed by atoms with Crippen LogP contribution in [0.5, 0.6) is 5.75 Å². The van der Waals surface area contributed by atoms with Gasteiger partial charge < -0.3 is 19.5 Å². The fourth-order valence-electron chi connectivity index (χ4n) is 4.77. The van der Waals surface area contributed by atoms with Gasteiger partial charge in [0.2, 0.25) is 0 Å². The van der Waals surface area contributed by atoms with Crippen molar-refractivity contribution in [2.24, 2.45) is 0 Å². The van der Waals surface area contributed by atoms with Crippen LogP contribution in [0, 0.1) is 0 Å². The highest BCUT2D eigenvalue weighted by Crippen LogP contribution is 2.27. The summed E-state index contributed by atoms with van der Waals surface area (Å²) in [5.41, 5.74) is 3.73. The molecule has 1 aromatic carbocycles. The van der Waals surface area contributed by atoms with Gasteiger partial charge in [0.25, 0.3) is 5.91 Å². The number of rotatable bonds is 7. The number of amides is 1. The van der Waals surface area contributed by atoms with Gasteiger partial charge in [-0.05, 0) is 37.5 Å². The van der Waals surface area contributed by atoms with E-state index in [1.807, 2.05) is 22.9 Å². The fraction of sp³-hybridized carbons (Fsp3) is 0.583. The summed E-state index contributed by atoms with van der Waals surface area (Å²) in [5.74, 6) is 0.729. The van der Waals surface area contributed by atoms with Gasteiger partial charge in [0.05, 0.1) is 26.4 Å². The summed E-state index contributed by atoms with van der Waals surface area (Å²) >= 11 is 0. The van der Waals surface area contributed by atoms with E-state index in [0.29, 0.717) is 38.5 Å². The maximum absolute atomic E-state index is 13.5. The van der Waals surface area contributed by atoms with Crippen LogP contribution in [0.2, 0.25) is 0 Å². The minimum absolute atomic E-state index is 0.0781. The van der Waals surface area contributed by atoms with Crippen LogP contribution in [0.3, 0.4) is 0 Å². The van der Waals surface area contributed by atoms with Crippen molar-refractivity contribution in [1.82, 2.24) is 19.6 Å². The molecule has 0 saturated carbocycles. The molecule has 0 bridgehead atoms. The Hall–Kier alpha value is -2.42. The van der Waals surface area contributed by atoms with Crippen molar-refractivity contribution in [1.29, 1.82) is 0 Å². The molecule has 3 heterocycles. The first kappa shape index (κ1) is 22.8. The zero-order chi connectivity index (χ0) is 22.7. The van der Waals surface area contributed by atoms with Gasteiger partial charge in [0.15, 0.2) is 5.69 Å². The molecule has 8 heteroatoms. The van der Waals surface area contributed by atoms with Crippen LogP contribution in [0.1, 0.15) is 47.1 Å². The molecule has 1 fully saturated rings. The van der Waals surface area contributed by atoms with Crippen LogP contribution in [-0.4, -0.2) is 83.2 Å². The van der Waals surface area contributed by atoms with E-state index in [-0.39, 0.29) is 11.9 Å². The second kappa shape index (κ2) is 10.0. The van der Waals surface area contributed by atoms with Crippen LogP contribution in [0.25, 0.3) is 0 Å². The largest absolute Gasteiger partial charge is 0.497 e. The smallest absolute Gasteiger partial charge is 0.274 e. The highest BCUT2D eigenvalue weighted by atomic mass is 16.5. The van der Waals surface area contributed by atoms with Crippen molar-refractivity contribution in [2.75, 3.05) is 40.5 Å². The van der Waals surface area contributed by atoms with Crippen LogP contribution in [0.15, 0.2) is 24.3 Å².